The maximum atomic E-state index is 10.4. The molecule has 0 amide bonds. The zero-order valence-corrected chi connectivity index (χ0v) is 16.5. The van der Waals surface area contributed by atoms with E-state index < -0.39 is 5.97 Å². The van der Waals surface area contributed by atoms with E-state index in [0.29, 0.717) is 24.5 Å². The number of rotatable bonds is 16. The molecule has 0 aromatic carbocycles. The monoisotopic (exact) mass is 343 g/mol. The molecule has 0 rings (SSSR count). The molecule has 0 heterocycles. The normalized spacial score (nSPS) is 13.2. The molecule has 1 unspecified atom stereocenters. The summed E-state index contributed by atoms with van der Waals surface area (Å²) in [6.07, 6.45) is 11.9. The van der Waals surface area contributed by atoms with Crippen molar-refractivity contribution in [2.45, 2.75) is 116 Å². The molecular formula is C20H41NO3. The van der Waals surface area contributed by atoms with Gasteiger partial charge in [-0.15, -0.1) is 0 Å². The van der Waals surface area contributed by atoms with E-state index in [2.05, 4.69) is 32.6 Å². The van der Waals surface area contributed by atoms with Gasteiger partial charge in [0, 0.05) is 24.5 Å². The Balaban J connectivity index is 3.61. The molecule has 0 spiro atoms. The van der Waals surface area contributed by atoms with Gasteiger partial charge in [-0.25, -0.2) is 0 Å². The first-order valence-corrected chi connectivity index (χ1v) is 10.00. The van der Waals surface area contributed by atoms with Crippen LogP contribution >= 0.6 is 0 Å². The van der Waals surface area contributed by atoms with Crippen LogP contribution in [0.5, 0.6) is 0 Å². The van der Waals surface area contributed by atoms with Crippen LogP contribution in [0.25, 0.3) is 0 Å². The third-order valence-corrected chi connectivity index (χ3v) is 4.75. The van der Waals surface area contributed by atoms with Gasteiger partial charge in [-0.1, -0.05) is 51.4 Å². The van der Waals surface area contributed by atoms with Crippen LogP contribution in [0.15, 0.2) is 0 Å². The number of carboxylic acids is 1. The number of aliphatic hydroxyl groups excluding tert-OH is 1. The highest BCUT2D eigenvalue weighted by atomic mass is 16.4. The van der Waals surface area contributed by atoms with Crippen LogP contribution in [0.3, 0.4) is 0 Å². The van der Waals surface area contributed by atoms with E-state index in [1.807, 2.05) is 0 Å². The molecule has 0 aliphatic carbocycles. The van der Waals surface area contributed by atoms with E-state index >= 15 is 0 Å². The summed E-state index contributed by atoms with van der Waals surface area (Å²) in [7, 11) is 0. The second-order valence-electron chi connectivity index (χ2n) is 7.59. The summed E-state index contributed by atoms with van der Waals surface area (Å²) in [5.41, 5.74) is 0. The molecule has 4 nitrogen and oxygen atoms in total. The maximum absolute atomic E-state index is 10.4. The smallest absolute Gasteiger partial charge is 0.303 e. The van der Waals surface area contributed by atoms with Gasteiger partial charge in [0.25, 0.3) is 0 Å². The molecule has 0 saturated carbocycles. The van der Waals surface area contributed by atoms with Crippen molar-refractivity contribution in [1.29, 1.82) is 0 Å². The van der Waals surface area contributed by atoms with Gasteiger partial charge in [-0.2, -0.15) is 0 Å². The molecule has 4 heteroatoms. The zero-order chi connectivity index (χ0) is 18.4. The Hall–Kier alpha value is -0.610. The molecule has 0 aliphatic heterocycles. The predicted octanol–water partition coefficient (Wildman–Crippen LogP) is 4.84. The maximum Gasteiger partial charge on any atom is 0.303 e. The average molecular weight is 344 g/mol. The van der Waals surface area contributed by atoms with Crippen LogP contribution in [0.4, 0.5) is 0 Å². The van der Waals surface area contributed by atoms with E-state index in [0.717, 1.165) is 25.7 Å². The number of carbonyl (C=O) groups is 1. The molecule has 0 saturated heterocycles. The lowest BCUT2D eigenvalue weighted by Crippen LogP contribution is -2.46. The van der Waals surface area contributed by atoms with Crippen molar-refractivity contribution < 1.29 is 15.0 Å². The minimum Gasteiger partial charge on any atom is -0.481 e. The second-order valence-corrected chi connectivity index (χ2v) is 7.59. The highest BCUT2D eigenvalue weighted by molar-refractivity contribution is 5.66. The SMILES string of the molecule is CC(C)N(C(C)C)C(CO)CCCCCCCCCCCC(=O)O. The van der Waals surface area contributed by atoms with Crippen LogP contribution in [0, 0.1) is 0 Å². The van der Waals surface area contributed by atoms with Crippen molar-refractivity contribution in [1.82, 2.24) is 4.90 Å². The summed E-state index contributed by atoms with van der Waals surface area (Å²) in [6, 6.07) is 1.24. The molecular weight excluding hydrogens is 302 g/mol. The van der Waals surface area contributed by atoms with Gasteiger partial charge in [0.1, 0.15) is 0 Å². The van der Waals surface area contributed by atoms with Gasteiger partial charge in [0.05, 0.1) is 6.61 Å². The van der Waals surface area contributed by atoms with Gasteiger partial charge in [-0.05, 0) is 40.5 Å². The van der Waals surface area contributed by atoms with E-state index in [9.17, 15) is 9.90 Å². The highest BCUT2D eigenvalue weighted by Crippen LogP contribution is 2.17. The van der Waals surface area contributed by atoms with Crippen LogP contribution in [-0.2, 0) is 4.79 Å². The zero-order valence-electron chi connectivity index (χ0n) is 16.5. The molecule has 0 bridgehead atoms. The Bertz CT molecular complexity index is 297. The lowest BCUT2D eigenvalue weighted by molar-refractivity contribution is -0.137. The summed E-state index contributed by atoms with van der Waals surface area (Å²) in [6.45, 7) is 9.09. The fourth-order valence-electron chi connectivity index (χ4n) is 3.67. The van der Waals surface area contributed by atoms with Crippen molar-refractivity contribution in [3.8, 4) is 0 Å². The van der Waals surface area contributed by atoms with Crippen LogP contribution in [0.2, 0.25) is 0 Å². The molecule has 2 N–H and O–H groups in total. The number of aliphatic carboxylic acids is 1. The number of hydrogen-bond acceptors (Lipinski definition) is 3. The summed E-state index contributed by atoms with van der Waals surface area (Å²) >= 11 is 0. The van der Waals surface area contributed by atoms with Gasteiger partial charge >= 0.3 is 5.97 Å². The summed E-state index contributed by atoms with van der Waals surface area (Å²) in [5.74, 6) is -0.676. The van der Waals surface area contributed by atoms with E-state index in [4.69, 9.17) is 5.11 Å². The average Bonchev–Trinajstić information content (AvgIpc) is 2.50. The third kappa shape index (κ3) is 11.9. The van der Waals surface area contributed by atoms with Crippen molar-refractivity contribution in [2.75, 3.05) is 6.61 Å². The predicted molar refractivity (Wildman–Crippen MR) is 101 cm³/mol. The first kappa shape index (κ1) is 23.4. The highest BCUT2D eigenvalue weighted by Gasteiger charge is 2.22. The number of unbranched alkanes of at least 4 members (excludes halogenated alkanes) is 8. The van der Waals surface area contributed by atoms with Crippen LogP contribution in [-0.4, -0.2) is 45.8 Å². The summed E-state index contributed by atoms with van der Waals surface area (Å²) < 4.78 is 0. The minimum atomic E-state index is -0.676. The van der Waals surface area contributed by atoms with Gasteiger partial charge < -0.3 is 10.2 Å². The Labute approximate surface area is 149 Å². The van der Waals surface area contributed by atoms with E-state index in [1.54, 1.807) is 0 Å². The number of aliphatic hydroxyl groups is 1. The molecule has 0 aromatic rings. The first-order chi connectivity index (χ1) is 11.4. The van der Waals surface area contributed by atoms with E-state index in [-0.39, 0.29) is 6.61 Å². The van der Waals surface area contributed by atoms with E-state index in [1.165, 1.54) is 38.5 Å². The Morgan fingerprint density at radius 1 is 0.792 bits per heavy atom. The number of hydrogen-bond donors (Lipinski definition) is 2. The molecule has 0 radical (unpaired) electrons. The van der Waals surface area contributed by atoms with Gasteiger partial charge in [0.2, 0.25) is 0 Å². The molecule has 1 atom stereocenters. The number of nitrogens with zero attached hydrogens (tertiary/aromatic N) is 1. The fourth-order valence-corrected chi connectivity index (χ4v) is 3.67. The molecule has 24 heavy (non-hydrogen) atoms. The van der Waals surface area contributed by atoms with Crippen LogP contribution < -0.4 is 0 Å². The Morgan fingerprint density at radius 2 is 1.21 bits per heavy atom. The lowest BCUT2D eigenvalue weighted by Gasteiger charge is -2.37. The molecule has 144 valence electrons. The minimum absolute atomic E-state index is 0.257. The number of carboxylic acid groups (broad SMARTS) is 1. The van der Waals surface area contributed by atoms with Crippen molar-refractivity contribution >= 4 is 5.97 Å². The fraction of sp³-hybridized carbons (Fsp3) is 0.950. The largest absolute Gasteiger partial charge is 0.481 e. The second kappa shape index (κ2) is 14.7. The topological polar surface area (TPSA) is 60.8 Å². The van der Waals surface area contributed by atoms with Gasteiger partial charge in [0.15, 0.2) is 0 Å². The first-order valence-electron chi connectivity index (χ1n) is 10.00. The van der Waals surface area contributed by atoms with Gasteiger partial charge in [-0.3, -0.25) is 9.69 Å². The standard InChI is InChI=1S/C20H41NO3/c1-17(2)21(18(3)4)19(16-22)14-12-10-8-6-5-7-9-11-13-15-20(23)24/h17-19,22H,5-16H2,1-4H3,(H,23,24). The third-order valence-electron chi connectivity index (χ3n) is 4.75. The summed E-state index contributed by atoms with van der Waals surface area (Å²) in [4.78, 5) is 12.8. The lowest BCUT2D eigenvalue weighted by atomic mass is 10.0. The quantitative estimate of drug-likeness (QED) is 0.394. The molecule has 0 fully saturated rings. The molecule has 0 aliphatic rings. The van der Waals surface area contributed by atoms with Crippen molar-refractivity contribution in [3.05, 3.63) is 0 Å². The Kier molecular flexibility index (Phi) is 14.3. The summed E-state index contributed by atoms with van der Waals surface area (Å²) in [5, 5.41) is 18.3. The van der Waals surface area contributed by atoms with Crippen LogP contribution in [0.1, 0.15) is 98.3 Å². The molecule has 0 aromatic heterocycles. The van der Waals surface area contributed by atoms with Crippen molar-refractivity contribution in [2.24, 2.45) is 0 Å². The Morgan fingerprint density at radius 3 is 1.58 bits per heavy atom. The van der Waals surface area contributed by atoms with Crippen molar-refractivity contribution in [3.63, 3.8) is 0 Å².